The number of sulfonamides is 1. The zero-order valence-corrected chi connectivity index (χ0v) is 11.7. The van der Waals surface area contributed by atoms with Gasteiger partial charge in [-0.25, -0.2) is 21.6 Å². The van der Waals surface area contributed by atoms with Gasteiger partial charge in [-0.05, 0) is 6.07 Å². The predicted octanol–water partition coefficient (Wildman–Crippen LogP) is 2.23. The van der Waals surface area contributed by atoms with E-state index in [0.717, 1.165) is 4.31 Å². The predicted molar refractivity (Wildman–Crippen MR) is 67.0 cm³/mol. The molecule has 0 aliphatic carbocycles. The molecule has 0 unspecified atom stereocenters. The molecule has 0 aromatic heterocycles. The van der Waals surface area contributed by atoms with E-state index in [-0.39, 0.29) is 24.4 Å². The third-order valence-corrected chi connectivity index (χ3v) is 5.81. The molecule has 1 saturated heterocycles. The minimum Gasteiger partial charge on any atom is -0.207 e. The summed E-state index contributed by atoms with van der Waals surface area (Å²) in [6.45, 7) is 2.31. The summed E-state index contributed by atoms with van der Waals surface area (Å²) >= 11 is 1.61. The summed E-state index contributed by atoms with van der Waals surface area (Å²) in [5.41, 5.74) is 0. The van der Waals surface area contributed by atoms with E-state index in [1.807, 2.05) is 6.92 Å². The summed E-state index contributed by atoms with van der Waals surface area (Å²) in [5.74, 6) is -3.46. The van der Waals surface area contributed by atoms with Crippen molar-refractivity contribution >= 4 is 21.8 Å². The molecule has 1 fully saturated rings. The normalized spacial score (nSPS) is 21.6. The minimum absolute atomic E-state index is 0.0804. The van der Waals surface area contributed by atoms with E-state index in [1.54, 1.807) is 11.8 Å². The lowest BCUT2D eigenvalue weighted by Crippen LogP contribution is -2.41. The lowest BCUT2D eigenvalue weighted by atomic mass is 10.3. The van der Waals surface area contributed by atoms with Gasteiger partial charge in [-0.3, -0.25) is 0 Å². The van der Waals surface area contributed by atoms with E-state index in [2.05, 4.69) is 0 Å². The standard InChI is InChI=1S/C11H12F3NO2S2/c1-7-6-15(2-3-18-7)19(16,17)11-5-9(13)8(12)4-10(11)14/h4-5,7H,2-3,6H2,1H3/t7-/m1/s1. The van der Waals surface area contributed by atoms with Gasteiger partial charge in [0.05, 0.1) is 0 Å². The molecule has 3 nitrogen and oxygen atoms in total. The number of benzene rings is 1. The second-order valence-electron chi connectivity index (χ2n) is 4.24. The van der Waals surface area contributed by atoms with Crippen LogP contribution in [0.25, 0.3) is 0 Å². The summed E-state index contributed by atoms with van der Waals surface area (Å²) in [4.78, 5) is -0.814. The quantitative estimate of drug-likeness (QED) is 0.786. The summed E-state index contributed by atoms with van der Waals surface area (Å²) in [6, 6.07) is 0.650. The first kappa shape index (κ1) is 14.7. The van der Waals surface area contributed by atoms with Crippen LogP contribution in [0.2, 0.25) is 0 Å². The molecule has 0 saturated carbocycles. The Kier molecular flexibility index (Phi) is 4.12. The maximum atomic E-state index is 13.6. The van der Waals surface area contributed by atoms with E-state index in [4.69, 9.17) is 0 Å². The number of rotatable bonds is 2. The molecule has 0 radical (unpaired) electrons. The topological polar surface area (TPSA) is 37.4 Å². The van der Waals surface area contributed by atoms with E-state index >= 15 is 0 Å². The zero-order valence-electron chi connectivity index (χ0n) is 10.1. The van der Waals surface area contributed by atoms with Crippen LogP contribution in [0.4, 0.5) is 13.2 Å². The van der Waals surface area contributed by atoms with Gasteiger partial charge in [-0.2, -0.15) is 16.1 Å². The van der Waals surface area contributed by atoms with Crippen molar-refractivity contribution < 1.29 is 21.6 Å². The average Bonchev–Trinajstić information content (AvgIpc) is 2.33. The highest BCUT2D eigenvalue weighted by molar-refractivity contribution is 8.00. The molecular formula is C11H12F3NO2S2. The second kappa shape index (κ2) is 5.34. The summed E-state index contributed by atoms with van der Waals surface area (Å²) in [5, 5.41) is 0.0804. The van der Waals surface area contributed by atoms with Crippen LogP contribution in [0.3, 0.4) is 0 Å². The number of halogens is 3. The third kappa shape index (κ3) is 2.90. The fraction of sp³-hybridized carbons (Fsp3) is 0.455. The largest absolute Gasteiger partial charge is 0.246 e. The SMILES string of the molecule is C[C@@H]1CN(S(=O)(=O)c2cc(F)c(F)cc2F)CCS1. The molecule has 8 heteroatoms. The van der Waals surface area contributed by atoms with Crippen molar-refractivity contribution in [2.45, 2.75) is 17.1 Å². The minimum atomic E-state index is -4.13. The Morgan fingerprint density at radius 1 is 1.21 bits per heavy atom. The number of hydrogen-bond acceptors (Lipinski definition) is 3. The van der Waals surface area contributed by atoms with Gasteiger partial charge in [0.2, 0.25) is 10.0 Å². The molecule has 19 heavy (non-hydrogen) atoms. The van der Waals surface area contributed by atoms with Gasteiger partial charge in [0, 0.05) is 30.2 Å². The average molecular weight is 311 g/mol. The molecule has 1 aliphatic rings. The monoisotopic (exact) mass is 311 g/mol. The number of hydrogen-bond donors (Lipinski definition) is 0. The maximum absolute atomic E-state index is 13.6. The van der Waals surface area contributed by atoms with Crippen LogP contribution in [0.1, 0.15) is 6.92 Å². The van der Waals surface area contributed by atoms with Crippen LogP contribution in [-0.2, 0) is 10.0 Å². The Bertz CT molecular complexity index is 592. The highest BCUT2D eigenvalue weighted by atomic mass is 32.2. The Balaban J connectivity index is 2.42. The molecule has 1 aromatic carbocycles. The van der Waals surface area contributed by atoms with Crippen molar-refractivity contribution in [1.29, 1.82) is 0 Å². The lowest BCUT2D eigenvalue weighted by Gasteiger charge is -2.29. The van der Waals surface area contributed by atoms with Gasteiger partial charge in [0.25, 0.3) is 0 Å². The van der Waals surface area contributed by atoms with E-state index < -0.39 is 32.4 Å². The molecule has 1 aliphatic heterocycles. The number of nitrogens with zero attached hydrogens (tertiary/aromatic N) is 1. The highest BCUT2D eigenvalue weighted by Gasteiger charge is 2.32. The summed E-state index contributed by atoms with van der Waals surface area (Å²) in [7, 11) is -4.13. The molecule has 0 spiro atoms. The number of thioether (sulfide) groups is 1. The first-order chi connectivity index (χ1) is 8.82. The van der Waals surface area contributed by atoms with Crippen LogP contribution in [0.5, 0.6) is 0 Å². The van der Waals surface area contributed by atoms with Gasteiger partial charge < -0.3 is 0 Å². The van der Waals surface area contributed by atoms with Crippen molar-refractivity contribution in [3.05, 3.63) is 29.6 Å². The fourth-order valence-electron chi connectivity index (χ4n) is 1.85. The van der Waals surface area contributed by atoms with Crippen LogP contribution in [-0.4, -0.2) is 36.8 Å². The molecule has 106 valence electrons. The highest BCUT2D eigenvalue weighted by Crippen LogP contribution is 2.26. The fourth-order valence-corrected chi connectivity index (χ4v) is 4.66. The van der Waals surface area contributed by atoms with Crippen molar-refractivity contribution in [2.75, 3.05) is 18.8 Å². The first-order valence-corrected chi connectivity index (χ1v) is 8.07. The zero-order chi connectivity index (χ0) is 14.2. The van der Waals surface area contributed by atoms with Crippen LogP contribution >= 0.6 is 11.8 Å². The first-order valence-electron chi connectivity index (χ1n) is 5.58. The van der Waals surface area contributed by atoms with Gasteiger partial charge in [-0.1, -0.05) is 6.92 Å². The Morgan fingerprint density at radius 2 is 1.84 bits per heavy atom. The van der Waals surface area contributed by atoms with Crippen molar-refractivity contribution in [1.82, 2.24) is 4.31 Å². The van der Waals surface area contributed by atoms with E-state index in [9.17, 15) is 21.6 Å². The van der Waals surface area contributed by atoms with Crippen LogP contribution in [0, 0.1) is 17.5 Å². The molecule has 0 amide bonds. The molecule has 1 heterocycles. The van der Waals surface area contributed by atoms with Crippen molar-refractivity contribution in [3.63, 3.8) is 0 Å². The van der Waals surface area contributed by atoms with E-state index in [0.29, 0.717) is 11.8 Å². The van der Waals surface area contributed by atoms with E-state index in [1.165, 1.54) is 0 Å². The van der Waals surface area contributed by atoms with Gasteiger partial charge >= 0.3 is 0 Å². The van der Waals surface area contributed by atoms with Crippen LogP contribution < -0.4 is 0 Å². The molecule has 2 rings (SSSR count). The van der Waals surface area contributed by atoms with Crippen molar-refractivity contribution in [3.8, 4) is 0 Å². The third-order valence-electron chi connectivity index (χ3n) is 2.80. The summed E-state index contributed by atoms with van der Waals surface area (Å²) in [6.07, 6.45) is 0. The maximum Gasteiger partial charge on any atom is 0.246 e. The molecule has 0 N–H and O–H groups in total. The lowest BCUT2D eigenvalue weighted by molar-refractivity contribution is 0.417. The van der Waals surface area contributed by atoms with Crippen molar-refractivity contribution in [2.24, 2.45) is 0 Å². The molecule has 1 atom stereocenters. The van der Waals surface area contributed by atoms with Gasteiger partial charge in [0.15, 0.2) is 11.6 Å². The Hall–Kier alpha value is -0.730. The van der Waals surface area contributed by atoms with Gasteiger partial charge in [0.1, 0.15) is 10.7 Å². The molecular weight excluding hydrogens is 299 g/mol. The molecule has 1 aromatic rings. The Labute approximate surface area is 113 Å². The van der Waals surface area contributed by atoms with Gasteiger partial charge in [-0.15, -0.1) is 0 Å². The smallest absolute Gasteiger partial charge is 0.207 e. The Morgan fingerprint density at radius 3 is 2.47 bits per heavy atom. The summed E-state index contributed by atoms with van der Waals surface area (Å²) < 4.78 is 65.0. The second-order valence-corrected chi connectivity index (χ2v) is 7.69. The van der Waals surface area contributed by atoms with Crippen LogP contribution in [0.15, 0.2) is 17.0 Å². The molecule has 0 bridgehead atoms.